The Morgan fingerprint density at radius 3 is 2.11 bits per heavy atom. The highest BCUT2D eigenvalue weighted by Crippen LogP contribution is 2.18. The highest BCUT2D eigenvalue weighted by atomic mass is 28.4. The summed E-state index contributed by atoms with van der Waals surface area (Å²) in [5.74, 6) is 0. The van der Waals surface area contributed by atoms with Crippen LogP contribution in [-0.4, -0.2) is 21.8 Å². The van der Waals surface area contributed by atoms with Gasteiger partial charge >= 0.3 is 8.56 Å². The number of benzene rings is 1. The lowest BCUT2D eigenvalue weighted by molar-refractivity contribution is 0.189. The van der Waals surface area contributed by atoms with Gasteiger partial charge in [-0.05, 0) is 44.0 Å². The molecule has 0 spiro atoms. The summed E-state index contributed by atoms with van der Waals surface area (Å²) in [5, 5.41) is 0. The fraction of sp³-hybridized carbons (Fsp3) is 0.467. The first kappa shape index (κ1) is 15.2. The number of aryl methyl sites for hydroxylation is 1. The SMILES string of the molecule is C=Cc1ccc(CC[Si](C)(OCC)OCC)cc1. The molecule has 0 aliphatic heterocycles. The van der Waals surface area contributed by atoms with Crippen molar-refractivity contribution in [3.63, 3.8) is 0 Å². The van der Waals surface area contributed by atoms with Crippen molar-refractivity contribution in [3.8, 4) is 0 Å². The van der Waals surface area contributed by atoms with Crippen LogP contribution < -0.4 is 0 Å². The van der Waals surface area contributed by atoms with Crippen molar-refractivity contribution in [3.05, 3.63) is 42.0 Å². The molecule has 0 atom stereocenters. The van der Waals surface area contributed by atoms with Gasteiger partial charge in [-0.2, -0.15) is 0 Å². The van der Waals surface area contributed by atoms with E-state index in [2.05, 4.69) is 37.4 Å². The monoisotopic (exact) mass is 264 g/mol. The first-order valence-electron chi connectivity index (χ1n) is 6.63. The predicted octanol–water partition coefficient (Wildman–Crippen LogP) is 4.02. The van der Waals surface area contributed by atoms with Gasteiger partial charge in [-0.25, -0.2) is 0 Å². The molecule has 2 nitrogen and oxygen atoms in total. The molecule has 0 saturated carbocycles. The van der Waals surface area contributed by atoms with Crippen molar-refractivity contribution >= 4 is 14.6 Å². The Kier molecular flexibility index (Phi) is 6.33. The molecule has 100 valence electrons. The summed E-state index contributed by atoms with van der Waals surface area (Å²) >= 11 is 0. The van der Waals surface area contributed by atoms with Crippen molar-refractivity contribution in [2.24, 2.45) is 0 Å². The molecule has 1 rings (SSSR count). The van der Waals surface area contributed by atoms with Crippen molar-refractivity contribution in [2.45, 2.75) is 32.9 Å². The second kappa shape index (κ2) is 7.51. The van der Waals surface area contributed by atoms with E-state index in [1.807, 2.05) is 19.9 Å². The minimum Gasteiger partial charge on any atom is -0.395 e. The summed E-state index contributed by atoms with van der Waals surface area (Å²) in [6.45, 7) is 11.4. The summed E-state index contributed by atoms with van der Waals surface area (Å²) in [4.78, 5) is 0. The summed E-state index contributed by atoms with van der Waals surface area (Å²) < 4.78 is 11.7. The average molecular weight is 264 g/mol. The molecule has 1 aromatic rings. The second-order valence-electron chi connectivity index (χ2n) is 4.45. The van der Waals surface area contributed by atoms with Crippen LogP contribution in [-0.2, 0) is 15.3 Å². The van der Waals surface area contributed by atoms with Gasteiger partial charge in [0.1, 0.15) is 0 Å². The largest absolute Gasteiger partial charge is 0.395 e. The number of hydrogen-bond donors (Lipinski definition) is 0. The quantitative estimate of drug-likeness (QED) is 0.660. The second-order valence-corrected chi connectivity index (χ2v) is 7.79. The van der Waals surface area contributed by atoms with E-state index in [4.69, 9.17) is 8.85 Å². The third-order valence-electron chi connectivity index (χ3n) is 2.98. The maximum Gasteiger partial charge on any atom is 0.335 e. The minimum atomic E-state index is -1.97. The van der Waals surface area contributed by atoms with Crippen LogP contribution in [0.5, 0.6) is 0 Å². The molecule has 0 unspecified atom stereocenters. The van der Waals surface area contributed by atoms with Gasteiger partial charge in [-0.1, -0.05) is 36.9 Å². The molecule has 0 radical (unpaired) electrons. The molecule has 0 heterocycles. The Bertz CT molecular complexity index is 353. The number of rotatable bonds is 8. The van der Waals surface area contributed by atoms with Crippen molar-refractivity contribution in [1.29, 1.82) is 0 Å². The zero-order chi connectivity index (χ0) is 13.4. The molecule has 18 heavy (non-hydrogen) atoms. The molecule has 0 bridgehead atoms. The smallest absolute Gasteiger partial charge is 0.335 e. The van der Waals surface area contributed by atoms with E-state index in [9.17, 15) is 0 Å². The fourth-order valence-corrected chi connectivity index (χ4v) is 4.32. The molecular formula is C15H24O2Si. The highest BCUT2D eigenvalue weighted by molar-refractivity contribution is 6.66. The summed E-state index contributed by atoms with van der Waals surface area (Å²) in [6.07, 6.45) is 2.88. The van der Waals surface area contributed by atoms with Crippen molar-refractivity contribution in [1.82, 2.24) is 0 Å². The fourth-order valence-electron chi connectivity index (χ4n) is 1.99. The van der Waals surface area contributed by atoms with Crippen LogP contribution in [0.2, 0.25) is 12.6 Å². The van der Waals surface area contributed by atoms with Gasteiger partial charge in [0.2, 0.25) is 0 Å². The zero-order valence-corrected chi connectivity index (χ0v) is 12.7. The lowest BCUT2D eigenvalue weighted by Gasteiger charge is -2.25. The van der Waals surface area contributed by atoms with E-state index < -0.39 is 8.56 Å². The number of hydrogen-bond acceptors (Lipinski definition) is 2. The summed E-state index contributed by atoms with van der Waals surface area (Å²) in [7, 11) is -1.97. The van der Waals surface area contributed by atoms with E-state index in [-0.39, 0.29) is 0 Å². The van der Waals surface area contributed by atoms with Crippen molar-refractivity contribution < 1.29 is 8.85 Å². The Balaban J connectivity index is 2.57. The molecule has 0 aliphatic rings. The van der Waals surface area contributed by atoms with Gasteiger partial charge in [0.05, 0.1) is 0 Å². The molecule has 0 aromatic heterocycles. The topological polar surface area (TPSA) is 18.5 Å². The van der Waals surface area contributed by atoms with Crippen LogP contribution in [0.15, 0.2) is 30.8 Å². The van der Waals surface area contributed by atoms with Gasteiger partial charge in [0.25, 0.3) is 0 Å². The normalized spacial score (nSPS) is 11.5. The van der Waals surface area contributed by atoms with Crippen LogP contribution in [0.4, 0.5) is 0 Å². The molecular weight excluding hydrogens is 240 g/mol. The van der Waals surface area contributed by atoms with Crippen molar-refractivity contribution in [2.75, 3.05) is 13.2 Å². The maximum absolute atomic E-state index is 5.84. The molecule has 3 heteroatoms. The van der Waals surface area contributed by atoms with Crippen LogP contribution in [0.3, 0.4) is 0 Å². The van der Waals surface area contributed by atoms with Gasteiger partial charge in [0, 0.05) is 13.2 Å². The Labute approximate surface area is 112 Å². The van der Waals surface area contributed by atoms with Crippen LogP contribution >= 0.6 is 0 Å². The van der Waals surface area contributed by atoms with E-state index in [0.717, 1.165) is 31.2 Å². The molecule has 0 amide bonds. The average Bonchev–Trinajstić information content (AvgIpc) is 2.38. The lowest BCUT2D eigenvalue weighted by Crippen LogP contribution is -2.39. The molecule has 0 saturated heterocycles. The van der Waals surface area contributed by atoms with Crippen LogP contribution in [0, 0.1) is 0 Å². The maximum atomic E-state index is 5.84. The van der Waals surface area contributed by atoms with Gasteiger partial charge < -0.3 is 8.85 Å². The minimum absolute atomic E-state index is 0.734. The van der Waals surface area contributed by atoms with Gasteiger partial charge in [0.15, 0.2) is 0 Å². The predicted molar refractivity (Wildman–Crippen MR) is 79.9 cm³/mol. The molecule has 0 N–H and O–H groups in total. The van der Waals surface area contributed by atoms with Gasteiger partial charge in [-0.3, -0.25) is 0 Å². The summed E-state index contributed by atoms with van der Waals surface area (Å²) in [6, 6.07) is 9.51. The Hall–Kier alpha value is -0.903. The zero-order valence-electron chi connectivity index (χ0n) is 11.7. The van der Waals surface area contributed by atoms with Crippen LogP contribution in [0.1, 0.15) is 25.0 Å². The van der Waals surface area contributed by atoms with E-state index in [1.165, 1.54) is 5.56 Å². The third kappa shape index (κ3) is 4.76. The van der Waals surface area contributed by atoms with Gasteiger partial charge in [-0.15, -0.1) is 0 Å². The first-order chi connectivity index (χ1) is 8.63. The van der Waals surface area contributed by atoms with E-state index in [1.54, 1.807) is 0 Å². The molecule has 0 aliphatic carbocycles. The Morgan fingerprint density at radius 2 is 1.67 bits per heavy atom. The molecule has 1 aromatic carbocycles. The molecule has 0 fully saturated rings. The van der Waals surface area contributed by atoms with Crippen LogP contribution in [0.25, 0.3) is 6.08 Å². The highest BCUT2D eigenvalue weighted by Gasteiger charge is 2.29. The standard InChI is InChI=1S/C15H24O2Si/c1-5-14-8-10-15(11-9-14)12-13-18(4,16-6-2)17-7-3/h5,8-11H,1,6-7,12-13H2,2-4H3. The summed E-state index contributed by atoms with van der Waals surface area (Å²) in [5.41, 5.74) is 2.49. The lowest BCUT2D eigenvalue weighted by atomic mass is 10.1. The van der Waals surface area contributed by atoms with E-state index >= 15 is 0 Å². The Morgan fingerprint density at radius 1 is 1.11 bits per heavy atom. The third-order valence-corrected chi connectivity index (χ3v) is 5.94. The van der Waals surface area contributed by atoms with E-state index in [0.29, 0.717) is 0 Å². The first-order valence-corrected chi connectivity index (χ1v) is 9.15.